The van der Waals surface area contributed by atoms with Crippen molar-refractivity contribution in [2.24, 2.45) is 0 Å². The molecular formula is C12H14ClFN2O3. The van der Waals surface area contributed by atoms with Crippen molar-refractivity contribution in [2.45, 2.75) is 13.3 Å². The number of nitrogens with zero attached hydrogens (tertiary/aromatic N) is 2. The van der Waals surface area contributed by atoms with Gasteiger partial charge in [-0.1, -0.05) is 0 Å². The third kappa shape index (κ3) is 3.89. The fourth-order valence-corrected chi connectivity index (χ4v) is 1.73. The van der Waals surface area contributed by atoms with Crippen LogP contribution >= 0.6 is 11.6 Å². The number of halogens is 2. The van der Waals surface area contributed by atoms with Gasteiger partial charge in [0.05, 0.1) is 16.6 Å². The molecule has 1 aromatic rings. The van der Waals surface area contributed by atoms with Gasteiger partial charge in [0.1, 0.15) is 5.82 Å². The van der Waals surface area contributed by atoms with Gasteiger partial charge in [0.15, 0.2) is 0 Å². The van der Waals surface area contributed by atoms with Gasteiger partial charge in [-0.15, -0.1) is 11.6 Å². The number of hydrogen-bond acceptors (Lipinski definition) is 3. The maximum absolute atomic E-state index is 13.7. The van der Waals surface area contributed by atoms with Gasteiger partial charge in [-0.2, -0.15) is 0 Å². The summed E-state index contributed by atoms with van der Waals surface area (Å²) in [6, 6.07) is 3.01. The largest absolute Gasteiger partial charge is 0.339 e. The molecule has 7 heteroatoms. The first-order chi connectivity index (χ1) is 9.01. The first kappa shape index (κ1) is 15.4. The fourth-order valence-electron chi connectivity index (χ4n) is 1.62. The van der Waals surface area contributed by atoms with E-state index in [9.17, 15) is 19.3 Å². The highest BCUT2D eigenvalue weighted by molar-refractivity contribution is 6.17. The molecule has 0 atom stereocenters. The van der Waals surface area contributed by atoms with Crippen LogP contribution in [0.2, 0.25) is 0 Å². The van der Waals surface area contributed by atoms with Gasteiger partial charge in [0.2, 0.25) is 0 Å². The summed E-state index contributed by atoms with van der Waals surface area (Å²) in [5.74, 6) is -0.962. The average molecular weight is 289 g/mol. The molecule has 0 saturated heterocycles. The second-order valence-electron chi connectivity index (χ2n) is 3.85. The molecule has 1 aromatic carbocycles. The Hall–Kier alpha value is -1.69. The molecule has 0 fully saturated rings. The number of non-ortho nitro benzene ring substituents is 1. The Morgan fingerprint density at radius 2 is 2.21 bits per heavy atom. The summed E-state index contributed by atoms with van der Waals surface area (Å²) in [6.45, 7) is 2.62. The Morgan fingerprint density at radius 1 is 1.53 bits per heavy atom. The van der Waals surface area contributed by atoms with Gasteiger partial charge in [0, 0.05) is 25.0 Å². The monoisotopic (exact) mass is 288 g/mol. The molecule has 5 nitrogen and oxygen atoms in total. The Bertz CT molecular complexity index is 482. The highest BCUT2D eigenvalue weighted by atomic mass is 35.5. The van der Waals surface area contributed by atoms with E-state index >= 15 is 0 Å². The number of carbonyl (C=O) groups is 1. The lowest BCUT2D eigenvalue weighted by Crippen LogP contribution is -2.32. The number of nitro benzene ring substituents is 1. The number of carbonyl (C=O) groups excluding carboxylic acids is 1. The molecule has 0 radical (unpaired) electrons. The topological polar surface area (TPSA) is 63.5 Å². The molecular weight excluding hydrogens is 275 g/mol. The Kier molecular flexibility index (Phi) is 5.69. The zero-order valence-electron chi connectivity index (χ0n) is 10.4. The van der Waals surface area contributed by atoms with E-state index in [0.717, 1.165) is 18.2 Å². The van der Waals surface area contributed by atoms with Crippen LogP contribution in [0.15, 0.2) is 18.2 Å². The number of benzene rings is 1. The lowest BCUT2D eigenvalue weighted by Gasteiger charge is -2.20. The maximum atomic E-state index is 13.7. The van der Waals surface area contributed by atoms with Gasteiger partial charge in [0.25, 0.3) is 11.6 Å². The zero-order chi connectivity index (χ0) is 14.4. The normalized spacial score (nSPS) is 10.3. The SMILES string of the molecule is CCN(CCCCl)C(=O)c1ccc([N+](=O)[O-])cc1F. The summed E-state index contributed by atoms with van der Waals surface area (Å²) in [6.07, 6.45) is 0.607. The van der Waals surface area contributed by atoms with E-state index < -0.39 is 16.6 Å². The van der Waals surface area contributed by atoms with Gasteiger partial charge in [-0.05, 0) is 19.4 Å². The molecule has 0 spiro atoms. The predicted molar refractivity (Wildman–Crippen MR) is 70.0 cm³/mol. The van der Waals surface area contributed by atoms with Crippen LogP contribution in [0.3, 0.4) is 0 Å². The van der Waals surface area contributed by atoms with Gasteiger partial charge < -0.3 is 4.90 Å². The van der Waals surface area contributed by atoms with Crippen molar-refractivity contribution >= 4 is 23.2 Å². The molecule has 0 aliphatic rings. The van der Waals surface area contributed by atoms with Crippen molar-refractivity contribution in [3.05, 3.63) is 39.7 Å². The summed E-state index contributed by atoms with van der Waals surface area (Å²) < 4.78 is 13.7. The predicted octanol–water partition coefficient (Wildman–Crippen LogP) is 2.82. The molecule has 0 N–H and O–H groups in total. The lowest BCUT2D eigenvalue weighted by atomic mass is 10.1. The van der Waals surface area contributed by atoms with Gasteiger partial charge >= 0.3 is 0 Å². The van der Waals surface area contributed by atoms with E-state index in [4.69, 9.17) is 11.6 Å². The summed E-state index contributed by atoms with van der Waals surface area (Å²) >= 11 is 5.55. The van der Waals surface area contributed by atoms with Crippen LogP contribution in [0.4, 0.5) is 10.1 Å². The van der Waals surface area contributed by atoms with Crippen LogP contribution in [0.25, 0.3) is 0 Å². The molecule has 1 amide bonds. The Labute approximate surface area is 115 Å². The second kappa shape index (κ2) is 7.04. The van der Waals surface area contributed by atoms with Crippen LogP contribution in [-0.4, -0.2) is 34.7 Å². The van der Waals surface area contributed by atoms with Crippen molar-refractivity contribution in [2.75, 3.05) is 19.0 Å². The molecule has 0 aromatic heterocycles. The van der Waals surface area contributed by atoms with Crippen LogP contribution in [0.5, 0.6) is 0 Å². The zero-order valence-corrected chi connectivity index (χ0v) is 11.2. The first-order valence-electron chi connectivity index (χ1n) is 5.80. The van der Waals surface area contributed by atoms with Gasteiger partial charge in [-0.25, -0.2) is 4.39 Å². The summed E-state index contributed by atoms with van der Waals surface area (Å²) in [4.78, 5) is 23.3. The smallest absolute Gasteiger partial charge is 0.272 e. The third-order valence-corrected chi connectivity index (χ3v) is 2.89. The lowest BCUT2D eigenvalue weighted by molar-refractivity contribution is -0.385. The number of rotatable bonds is 6. The number of amides is 1. The minimum Gasteiger partial charge on any atom is -0.339 e. The molecule has 1 rings (SSSR count). The minimum atomic E-state index is -0.886. The van der Waals surface area contributed by atoms with E-state index in [1.165, 1.54) is 4.90 Å². The van der Waals surface area contributed by atoms with Crippen molar-refractivity contribution in [3.8, 4) is 0 Å². The van der Waals surface area contributed by atoms with Crippen LogP contribution in [0.1, 0.15) is 23.7 Å². The Morgan fingerprint density at radius 3 is 2.68 bits per heavy atom. The Balaban J connectivity index is 2.95. The summed E-state index contributed by atoms with van der Waals surface area (Å²) in [7, 11) is 0. The summed E-state index contributed by atoms with van der Waals surface area (Å²) in [5.41, 5.74) is -0.542. The summed E-state index contributed by atoms with van der Waals surface area (Å²) in [5, 5.41) is 10.5. The van der Waals surface area contributed by atoms with Crippen LogP contribution in [-0.2, 0) is 0 Å². The van der Waals surface area contributed by atoms with E-state index in [-0.39, 0.29) is 11.3 Å². The molecule has 19 heavy (non-hydrogen) atoms. The number of nitro groups is 1. The number of alkyl halides is 1. The molecule has 0 aliphatic carbocycles. The average Bonchev–Trinajstić information content (AvgIpc) is 2.39. The van der Waals surface area contributed by atoms with E-state index in [2.05, 4.69) is 0 Å². The highest BCUT2D eigenvalue weighted by Gasteiger charge is 2.20. The quantitative estimate of drug-likeness (QED) is 0.459. The number of hydrogen-bond donors (Lipinski definition) is 0. The van der Waals surface area contributed by atoms with E-state index in [1.807, 2.05) is 0 Å². The van der Waals surface area contributed by atoms with Crippen molar-refractivity contribution in [1.82, 2.24) is 4.90 Å². The van der Waals surface area contributed by atoms with Gasteiger partial charge in [-0.3, -0.25) is 14.9 Å². The van der Waals surface area contributed by atoms with Crippen LogP contribution in [0, 0.1) is 15.9 Å². The second-order valence-corrected chi connectivity index (χ2v) is 4.23. The first-order valence-corrected chi connectivity index (χ1v) is 6.33. The standard InChI is InChI=1S/C12H14ClFN2O3/c1-2-15(7-3-6-13)12(17)10-5-4-9(16(18)19)8-11(10)14/h4-5,8H,2-3,6-7H2,1H3. The van der Waals surface area contributed by atoms with E-state index in [0.29, 0.717) is 25.4 Å². The molecule has 0 heterocycles. The third-order valence-electron chi connectivity index (χ3n) is 2.62. The van der Waals surface area contributed by atoms with Crippen molar-refractivity contribution in [3.63, 3.8) is 0 Å². The molecule has 0 aliphatic heterocycles. The highest BCUT2D eigenvalue weighted by Crippen LogP contribution is 2.18. The van der Waals surface area contributed by atoms with Crippen molar-refractivity contribution in [1.29, 1.82) is 0 Å². The fraction of sp³-hybridized carbons (Fsp3) is 0.417. The van der Waals surface area contributed by atoms with Crippen LogP contribution < -0.4 is 0 Å². The van der Waals surface area contributed by atoms with E-state index in [1.54, 1.807) is 6.92 Å². The molecule has 0 bridgehead atoms. The molecule has 0 saturated carbocycles. The minimum absolute atomic E-state index is 0.165. The molecule has 0 unspecified atom stereocenters. The molecule has 104 valence electrons. The van der Waals surface area contributed by atoms with Crippen molar-refractivity contribution < 1.29 is 14.1 Å². The maximum Gasteiger partial charge on any atom is 0.272 e.